The first kappa shape index (κ1) is 22.2. The molecule has 0 aromatic heterocycles. The van der Waals surface area contributed by atoms with Crippen molar-refractivity contribution < 1.29 is 23.9 Å². The number of amides is 3. The number of nitrogens with zero attached hydrogens (tertiary/aromatic N) is 1. The van der Waals surface area contributed by atoms with E-state index < -0.39 is 29.7 Å². The first-order valence-electron chi connectivity index (χ1n) is 10.4. The van der Waals surface area contributed by atoms with Gasteiger partial charge in [0.05, 0.1) is 23.3 Å². The van der Waals surface area contributed by atoms with E-state index in [0.717, 1.165) is 17.7 Å². The molecule has 2 aromatic rings. The molecule has 0 radical (unpaired) electrons. The Labute approximate surface area is 181 Å². The maximum atomic E-state index is 13.0. The van der Waals surface area contributed by atoms with Crippen LogP contribution in [0.25, 0.3) is 0 Å². The molecule has 0 saturated carbocycles. The molecular formula is C24H26N2O5. The van der Waals surface area contributed by atoms with Gasteiger partial charge < -0.3 is 10.1 Å². The molecule has 1 aliphatic rings. The molecule has 7 heteroatoms. The minimum Gasteiger partial charge on any atom is -0.462 e. The Morgan fingerprint density at radius 1 is 0.968 bits per heavy atom. The van der Waals surface area contributed by atoms with Crippen LogP contribution < -0.4 is 5.32 Å². The summed E-state index contributed by atoms with van der Waals surface area (Å²) >= 11 is 0. The second-order valence-corrected chi connectivity index (χ2v) is 7.77. The van der Waals surface area contributed by atoms with E-state index in [4.69, 9.17) is 4.74 Å². The Balaban J connectivity index is 1.73. The molecule has 3 amide bonds. The topological polar surface area (TPSA) is 92.8 Å². The van der Waals surface area contributed by atoms with E-state index in [1.165, 1.54) is 0 Å². The molecule has 1 aliphatic heterocycles. The third-order valence-electron chi connectivity index (χ3n) is 5.12. The Morgan fingerprint density at radius 3 is 2.06 bits per heavy atom. The third-order valence-corrected chi connectivity index (χ3v) is 5.12. The number of hydrogen-bond donors (Lipinski definition) is 1. The molecule has 0 fully saturated rings. The second-order valence-electron chi connectivity index (χ2n) is 7.77. The van der Waals surface area contributed by atoms with Crippen LogP contribution in [0.3, 0.4) is 0 Å². The SMILES string of the molecule is CCCCOC(=O)c1ccc(NC(=O)[C@@H](C(C)C)N2C(=O)c3ccccc3C2=O)cc1. The van der Waals surface area contributed by atoms with Crippen LogP contribution >= 0.6 is 0 Å². The highest BCUT2D eigenvalue weighted by Crippen LogP contribution is 2.27. The summed E-state index contributed by atoms with van der Waals surface area (Å²) in [4.78, 5) is 51.7. The zero-order valence-electron chi connectivity index (χ0n) is 17.9. The van der Waals surface area contributed by atoms with Crippen LogP contribution in [0.4, 0.5) is 5.69 Å². The van der Waals surface area contributed by atoms with Crippen molar-refractivity contribution in [3.8, 4) is 0 Å². The summed E-state index contributed by atoms with van der Waals surface area (Å²) in [6, 6.07) is 11.9. The second kappa shape index (κ2) is 9.55. The number of esters is 1. The highest BCUT2D eigenvalue weighted by molar-refractivity contribution is 6.23. The highest BCUT2D eigenvalue weighted by Gasteiger charge is 2.43. The van der Waals surface area contributed by atoms with Gasteiger partial charge in [-0.05, 0) is 48.7 Å². The van der Waals surface area contributed by atoms with Crippen molar-refractivity contribution >= 4 is 29.4 Å². The maximum absolute atomic E-state index is 13.0. The van der Waals surface area contributed by atoms with Gasteiger partial charge in [0.2, 0.25) is 5.91 Å². The van der Waals surface area contributed by atoms with Crippen molar-refractivity contribution in [3.63, 3.8) is 0 Å². The molecule has 1 atom stereocenters. The summed E-state index contributed by atoms with van der Waals surface area (Å²) in [6.07, 6.45) is 1.73. The molecular weight excluding hydrogens is 396 g/mol. The molecule has 0 aliphatic carbocycles. The van der Waals surface area contributed by atoms with Gasteiger partial charge in [0.15, 0.2) is 0 Å². The maximum Gasteiger partial charge on any atom is 0.338 e. The number of benzene rings is 2. The molecule has 1 N–H and O–H groups in total. The van der Waals surface area contributed by atoms with Crippen LogP contribution in [0.15, 0.2) is 48.5 Å². The predicted octanol–water partition coefficient (Wildman–Crippen LogP) is 3.90. The minimum absolute atomic E-state index is 0.296. The predicted molar refractivity (Wildman–Crippen MR) is 116 cm³/mol. The van der Waals surface area contributed by atoms with Crippen molar-refractivity contribution in [2.75, 3.05) is 11.9 Å². The van der Waals surface area contributed by atoms with Crippen molar-refractivity contribution in [2.45, 2.75) is 39.7 Å². The molecule has 0 spiro atoms. The quantitative estimate of drug-likeness (QED) is 0.396. The molecule has 1 heterocycles. The van der Waals surface area contributed by atoms with Gasteiger partial charge in [-0.15, -0.1) is 0 Å². The molecule has 7 nitrogen and oxygen atoms in total. The van der Waals surface area contributed by atoms with E-state index in [0.29, 0.717) is 29.0 Å². The Kier molecular flexibility index (Phi) is 6.84. The van der Waals surface area contributed by atoms with Crippen molar-refractivity contribution in [2.24, 2.45) is 5.92 Å². The summed E-state index contributed by atoms with van der Waals surface area (Å²) in [7, 11) is 0. The van der Waals surface area contributed by atoms with Gasteiger partial charge in [0.25, 0.3) is 11.8 Å². The number of carbonyl (C=O) groups excluding carboxylic acids is 4. The number of unbranched alkanes of at least 4 members (excludes halogenated alkanes) is 1. The third kappa shape index (κ3) is 4.66. The number of ether oxygens (including phenoxy) is 1. The minimum atomic E-state index is -0.967. The fraction of sp³-hybridized carbons (Fsp3) is 0.333. The Morgan fingerprint density at radius 2 is 1.55 bits per heavy atom. The van der Waals surface area contributed by atoms with E-state index in [-0.39, 0.29) is 5.92 Å². The molecule has 162 valence electrons. The van der Waals surface area contributed by atoms with Crippen LogP contribution in [0.1, 0.15) is 64.7 Å². The molecule has 0 unspecified atom stereocenters. The van der Waals surface area contributed by atoms with Crippen LogP contribution in [0, 0.1) is 5.92 Å². The number of nitrogens with one attached hydrogen (secondary N) is 1. The van der Waals surface area contributed by atoms with Crippen molar-refractivity contribution in [3.05, 3.63) is 65.2 Å². The van der Waals surface area contributed by atoms with E-state index in [2.05, 4.69) is 5.32 Å². The van der Waals surface area contributed by atoms with Gasteiger partial charge in [-0.3, -0.25) is 19.3 Å². The monoisotopic (exact) mass is 422 g/mol. The molecule has 0 bridgehead atoms. The van der Waals surface area contributed by atoms with Gasteiger partial charge in [-0.2, -0.15) is 0 Å². The standard InChI is InChI=1S/C24H26N2O5/c1-4-5-14-31-24(30)16-10-12-17(13-11-16)25-21(27)20(15(2)3)26-22(28)18-8-6-7-9-19(18)23(26)29/h6-13,15,20H,4-5,14H2,1-3H3,(H,25,27)/t20-/m1/s1. The summed E-state index contributed by atoms with van der Waals surface area (Å²) in [6.45, 7) is 5.94. The Hall–Kier alpha value is -3.48. The van der Waals surface area contributed by atoms with Crippen molar-refractivity contribution in [1.82, 2.24) is 4.90 Å². The van der Waals surface area contributed by atoms with Gasteiger partial charge >= 0.3 is 5.97 Å². The zero-order chi connectivity index (χ0) is 22.5. The van der Waals surface area contributed by atoms with Crippen LogP contribution in [-0.2, 0) is 9.53 Å². The van der Waals surface area contributed by atoms with E-state index in [9.17, 15) is 19.2 Å². The largest absolute Gasteiger partial charge is 0.462 e. The highest BCUT2D eigenvalue weighted by atomic mass is 16.5. The van der Waals surface area contributed by atoms with Crippen LogP contribution in [0.5, 0.6) is 0 Å². The normalized spacial score (nSPS) is 13.9. The van der Waals surface area contributed by atoms with E-state index >= 15 is 0 Å². The molecule has 3 rings (SSSR count). The lowest BCUT2D eigenvalue weighted by Gasteiger charge is -2.28. The summed E-state index contributed by atoms with van der Waals surface area (Å²) in [5.41, 5.74) is 1.45. The fourth-order valence-corrected chi connectivity index (χ4v) is 3.48. The number of carbonyl (C=O) groups is 4. The first-order valence-corrected chi connectivity index (χ1v) is 10.4. The summed E-state index contributed by atoms with van der Waals surface area (Å²) in [5, 5.41) is 2.75. The Bertz CT molecular complexity index is 962. The molecule has 2 aromatic carbocycles. The number of hydrogen-bond acceptors (Lipinski definition) is 5. The first-order chi connectivity index (χ1) is 14.8. The summed E-state index contributed by atoms with van der Waals surface area (Å²) < 4.78 is 5.17. The average molecular weight is 422 g/mol. The van der Waals surface area contributed by atoms with E-state index in [1.54, 1.807) is 62.4 Å². The molecule has 31 heavy (non-hydrogen) atoms. The lowest BCUT2D eigenvalue weighted by atomic mass is 10.0. The van der Waals surface area contributed by atoms with Crippen LogP contribution in [-0.4, -0.2) is 41.2 Å². The number of rotatable bonds is 8. The van der Waals surface area contributed by atoms with Gasteiger partial charge in [-0.1, -0.05) is 39.3 Å². The average Bonchev–Trinajstić information content (AvgIpc) is 3.00. The van der Waals surface area contributed by atoms with Gasteiger partial charge in [0, 0.05) is 5.69 Å². The zero-order valence-corrected chi connectivity index (χ0v) is 17.9. The smallest absolute Gasteiger partial charge is 0.338 e. The lowest BCUT2D eigenvalue weighted by molar-refractivity contribution is -0.121. The number of fused-ring (bicyclic) bond motifs is 1. The fourth-order valence-electron chi connectivity index (χ4n) is 3.48. The van der Waals surface area contributed by atoms with Crippen molar-refractivity contribution in [1.29, 1.82) is 0 Å². The lowest BCUT2D eigenvalue weighted by Crippen LogP contribution is -2.50. The van der Waals surface area contributed by atoms with Gasteiger partial charge in [0.1, 0.15) is 6.04 Å². The number of anilines is 1. The van der Waals surface area contributed by atoms with Gasteiger partial charge in [-0.25, -0.2) is 4.79 Å². The molecule has 0 saturated heterocycles. The summed E-state index contributed by atoms with van der Waals surface area (Å²) in [5.74, 6) is -2.13. The van der Waals surface area contributed by atoms with E-state index in [1.807, 2.05) is 6.92 Å². The number of imide groups is 1. The van der Waals surface area contributed by atoms with Crippen LogP contribution in [0.2, 0.25) is 0 Å².